The highest BCUT2D eigenvalue weighted by atomic mass is 19.1. The van der Waals surface area contributed by atoms with Gasteiger partial charge in [0.25, 0.3) is 0 Å². The second-order valence-corrected chi connectivity index (χ2v) is 4.00. The van der Waals surface area contributed by atoms with Crippen molar-refractivity contribution in [1.82, 2.24) is 15.0 Å². The first-order valence-corrected chi connectivity index (χ1v) is 5.23. The molecule has 0 radical (unpaired) electrons. The maximum absolute atomic E-state index is 13.6. The topological polar surface area (TPSA) is 30.7 Å². The van der Waals surface area contributed by atoms with Gasteiger partial charge in [-0.05, 0) is 18.8 Å². The third-order valence-electron chi connectivity index (χ3n) is 2.06. The van der Waals surface area contributed by atoms with E-state index >= 15 is 0 Å². The predicted octanol–water partition coefficient (Wildman–Crippen LogP) is 2.42. The van der Waals surface area contributed by atoms with E-state index in [4.69, 9.17) is 0 Å². The molecule has 0 unspecified atom stereocenters. The van der Waals surface area contributed by atoms with E-state index in [1.807, 2.05) is 13.8 Å². The Labute approximate surface area is 84.3 Å². The lowest BCUT2D eigenvalue weighted by Gasteiger charge is -2.01. The molecule has 1 heterocycles. The fourth-order valence-electron chi connectivity index (χ4n) is 1.30. The zero-order valence-corrected chi connectivity index (χ0v) is 9.13. The lowest BCUT2D eigenvalue weighted by atomic mass is 10.1. The van der Waals surface area contributed by atoms with Gasteiger partial charge in [-0.25, -0.2) is 4.68 Å². The van der Waals surface area contributed by atoms with Crippen LogP contribution in [0.25, 0.3) is 0 Å². The smallest absolute Gasteiger partial charge is 0.219 e. The summed E-state index contributed by atoms with van der Waals surface area (Å²) >= 11 is 0. The van der Waals surface area contributed by atoms with Gasteiger partial charge < -0.3 is 0 Å². The molecule has 0 aliphatic carbocycles. The number of hydrogen-bond acceptors (Lipinski definition) is 2. The third kappa shape index (κ3) is 2.79. The van der Waals surface area contributed by atoms with Crippen molar-refractivity contribution in [3.63, 3.8) is 0 Å². The normalized spacial score (nSPS) is 11.2. The minimum Gasteiger partial charge on any atom is -0.219 e. The standard InChI is InChI=1S/C10H18FN3/c1-4-5-6-14-10(11)9(12-13-14)7-8(2)3/h8H,4-7H2,1-3H3. The number of halogens is 1. The van der Waals surface area contributed by atoms with Gasteiger partial charge in [0.15, 0.2) is 0 Å². The summed E-state index contributed by atoms with van der Waals surface area (Å²) in [6.45, 7) is 6.80. The Morgan fingerprint density at radius 3 is 2.71 bits per heavy atom. The van der Waals surface area contributed by atoms with Crippen LogP contribution in [-0.4, -0.2) is 15.0 Å². The molecule has 1 aromatic heterocycles. The van der Waals surface area contributed by atoms with Gasteiger partial charge in [0.2, 0.25) is 5.95 Å². The lowest BCUT2D eigenvalue weighted by Crippen LogP contribution is -2.04. The Morgan fingerprint density at radius 1 is 1.43 bits per heavy atom. The van der Waals surface area contributed by atoms with E-state index in [2.05, 4.69) is 17.2 Å². The van der Waals surface area contributed by atoms with Crippen molar-refractivity contribution in [3.8, 4) is 0 Å². The van der Waals surface area contributed by atoms with Crippen LogP contribution in [0.4, 0.5) is 4.39 Å². The van der Waals surface area contributed by atoms with E-state index in [0.29, 0.717) is 24.6 Å². The van der Waals surface area contributed by atoms with Gasteiger partial charge in [0.1, 0.15) is 5.69 Å². The van der Waals surface area contributed by atoms with Gasteiger partial charge in [0.05, 0.1) is 0 Å². The van der Waals surface area contributed by atoms with E-state index in [-0.39, 0.29) is 5.95 Å². The van der Waals surface area contributed by atoms with Gasteiger partial charge in [0, 0.05) is 6.54 Å². The van der Waals surface area contributed by atoms with E-state index in [9.17, 15) is 4.39 Å². The Bertz CT molecular complexity index is 281. The summed E-state index contributed by atoms with van der Waals surface area (Å²) in [5.74, 6) is 0.160. The second-order valence-electron chi connectivity index (χ2n) is 4.00. The first-order valence-electron chi connectivity index (χ1n) is 5.23. The number of aromatic nitrogens is 3. The molecule has 0 aromatic carbocycles. The number of unbranched alkanes of at least 4 members (excludes halogenated alkanes) is 1. The van der Waals surface area contributed by atoms with Gasteiger partial charge in [-0.1, -0.05) is 32.4 Å². The van der Waals surface area contributed by atoms with Crippen molar-refractivity contribution in [2.24, 2.45) is 5.92 Å². The Kier molecular flexibility index (Phi) is 4.04. The van der Waals surface area contributed by atoms with Crippen LogP contribution in [0.3, 0.4) is 0 Å². The van der Waals surface area contributed by atoms with Crippen LogP contribution in [0.2, 0.25) is 0 Å². The average Bonchev–Trinajstić information content (AvgIpc) is 2.45. The van der Waals surface area contributed by atoms with E-state index in [0.717, 1.165) is 12.8 Å². The molecule has 0 saturated carbocycles. The SMILES string of the molecule is CCCCn1nnc(CC(C)C)c1F. The molecule has 1 aromatic rings. The fourth-order valence-corrected chi connectivity index (χ4v) is 1.30. The average molecular weight is 199 g/mol. The van der Waals surface area contributed by atoms with Crippen LogP contribution in [0, 0.1) is 11.9 Å². The summed E-state index contributed by atoms with van der Waals surface area (Å²) in [5, 5.41) is 7.64. The molecule has 0 N–H and O–H groups in total. The van der Waals surface area contributed by atoms with Crippen molar-refractivity contribution in [2.75, 3.05) is 0 Å². The Hall–Kier alpha value is -0.930. The Balaban J connectivity index is 2.65. The molecule has 0 saturated heterocycles. The molecule has 0 aliphatic heterocycles. The highest BCUT2D eigenvalue weighted by Gasteiger charge is 2.12. The van der Waals surface area contributed by atoms with Crippen LogP contribution in [0.1, 0.15) is 39.3 Å². The van der Waals surface area contributed by atoms with E-state index < -0.39 is 0 Å². The molecule has 0 amide bonds. The highest BCUT2D eigenvalue weighted by Crippen LogP contribution is 2.09. The molecule has 4 heteroatoms. The summed E-state index contributed by atoms with van der Waals surface area (Å²) < 4.78 is 14.9. The van der Waals surface area contributed by atoms with E-state index in [1.54, 1.807) is 0 Å². The van der Waals surface area contributed by atoms with Gasteiger partial charge >= 0.3 is 0 Å². The quantitative estimate of drug-likeness (QED) is 0.729. The van der Waals surface area contributed by atoms with Gasteiger partial charge in [-0.2, -0.15) is 4.39 Å². The van der Waals surface area contributed by atoms with Crippen LogP contribution in [0.15, 0.2) is 0 Å². The molecule has 0 spiro atoms. The fraction of sp³-hybridized carbons (Fsp3) is 0.800. The van der Waals surface area contributed by atoms with Crippen LogP contribution in [0.5, 0.6) is 0 Å². The monoisotopic (exact) mass is 199 g/mol. The van der Waals surface area contributed by atoms with Crippen LogP contribution in [-0.2, 0) is 13.0 Å². The molecule has 14 heavy (non-hydrogen) atoms. The molecule has 1 rings (SSSR count). The summed E-state index contributed by atoms with van der Waals surface area (Å²) in [7, 11) is 0. The first-order chi connectivity index (χ1) is 6.65. The zero-order chi connectivity index (χ0) is 10.6. The lowest BCUT2D eigenvalue weighted by molar-refractivity contribution is 0.433. The summed E-state index contributed by atoms with van der Waals surface area (Å²) in [4.78, 5) is 0. The molecular weight excluding hydrogens is 181 g/mol. The van der Waals surface area contributed by atoms with Gasteiger partial charge in [-0.3, -0.25) is 0 Å². The molecule has 80 valence electrons. The zero-order valence-electron chi connectivity index (χ0n) is 9.13. The number of rotatable bonds is 5. The van der Waals surface area contributed by atoms with Crippen molar-refractivity contribution >= 4 is 0 Å². The number of hydrogen-bond donors (Lipinski definition) is 0. The highest BCUT2D eigenvalue weighted by molar-refractivity contribution is 4.96. The predicted molar refractivity (Wildman–Crippen MR) is 53.4 cm³/mol. The third-order valence-corrected chi connectivity index (χ3v) is 2.06. The summed E-state index contributed by atoms with van der Waals surface area (Å²) in [6, 6.07) is 0. The molecule has 0 fully saturated rings. The largest absolute Gasteiger partial charge is 0.234 e. The first kappa shape index (κ1) is 11.1. The number of aryl methyl sites for hydroxylation is 1. The summed E-state index contributed by atoms with van der Waals surface area (Å²) in [5.41, 5.74) is 0.496. The molecule has 0 atom stereocenters. The van der Waals surface area contributed by atoms with Gasteiger partial charge in [-0.15, -0.1) is 5.10 Å². The van der Waals surface area contributed by atoms with Crippen LogP contribution >= 0.6 is 0 Å². The van der Waals surface area contributed by atoms with Crippen molar-refractivity contribution in [3.05, 3.63) is 11.6 Å². The molecular formula is C10H18FN3. The summed E-state index contributed by atoms with van der Waals surface area (Å²) in [6.07, 6.45) is 2.65. The van der Waals surface area contributed by atoms with E-state index in [1.165, 1.54) is 4.68 Å². The van der Waals surface area contributed by atoms with Crippen molar-refractivity contribution in [2.45, 2.75) is 46.6 Å². The maximum Gasteiger partial charge on any atom is 0.234 e. The Morgan fingerprint density at radius 2 is 2.14 bits per heavy atom. The van der Waals surface area contributed by atoms with Crippen molar-refractivity contribution in [1.29, 1.82) is 0 Å². The minimum atomic E-state index is -0.257. The molecule has 0 bridgehead atoms. The maximum atomic E-state index is 13.6. The number of nitrogens with zero attached hydrogens (tertiary/aromatic N) is 3. The molecule has 3 nitrogen and oxygen atoms in total. The second kappa shape index (κ2) is 5.08. The van der Waals surface area contributed by atoms with Crippen LogP contribution < -0.4 is 0 Å². The minimum absolute atomic E-state index is 0.257. The van der Waals surface area contributed by atoms with Crippen molar-refractivity contribution < 1.29 is 4.39 Å². The molecule has 0 aliphatic rings.